The number of ketones is 1. The smallest absolute Gasteiger partial charge is 0.188 e. The molecule has 3 N–H and O–H groups in total. The Hall–Kier alpha value is -1.89. The number of carbonyl (C=O) groups is 1. The first-order valence-electron chi connectivity index (χ1n) is 10.6. The lowest BCUT2D eigenvalue weighted by atomic mass is 9.67. The number of aliphatic hydroxyl groups is 2. The normalized spacial score (nSPS) is 33.7. The van der Waals surface area contributed by atoms with E-state index in [1.54, 1.807) is 0 Å². The molecule has 0 heterocycles. The van der Waals surface area contributed by atoms with E-state index in [1.165, 1.54) is 25.3 Å². The fraction of sp³-hybridized carbons (Fsp3) is 0.625. The first kappa shape index (κ1) is 22.8. The molecule has 1 aromatic rings. The van der Waals surface area contributed by atoms with Gasteiger partial charge in [0.15, 0.2) is 17.3 Å². The largest absolute Gasteiger partial charge is 0.504 e. The molecule has 5 atom stereocenters. The Morgan fingerprint density at radius 1 is 1.30 bits per heavy atom. The van der Waals surface area contributed by atoms with Crippen LogP contribution in [-0.4, -0.2) is 52.6 Å². The summed E-state index contributed by atoms with van der Waals surface area (Å²) in [4.78, 5) is 12.8. The van der Waals surface area contributed by atoms with E-state index >= 15 is 0 Å². The summed E-state index contributed by atoms with van der Waals surface area (Å²) in [6, 6.07) is 4.44. The Labute approximate surface area is 178 Å². The van der Waals surface area contributed by atoms with Gasteiger partial charge in [-0.2, -0.15) is 0 Å². The van der Waals surface area contributed by atoms with Gasteiger partial charge < -0.3 is 24.8 Å². The van der Waals surface area contributed by atoms with E-state index < -0.39 is 17.8 Å². The molecule has 0 aliphatic heterocycles. The van der Waals surface area contributed by atoms with Crippen LogP contribution in [0.1, 0.15) is 57.3 Å². The van der Waals surface area contributed by atoms with Gasteiger partial charge in [0, 0.05) is 11.5 Å². The number of phenols is 1. The number of benzene rings is 1. The number of hydrogen-bond donors (Lipinski definition) is 3. The van der Waals surface area contributed by atoms with Gasteiger partial charge in [0.25, 0.3) is 0 Å². The molecule has 0 aromatic heterocycles. The predicted octanol–water partition coefficient (Wildman–Crippen LogP) is 3.48. The second kappa shape index (κ2) is 8.33. The zero-order valence-corrected chi connectivity index (χ0v) is 18.5. The summed E-state index contributed by atoms with van der Waals surface area (Å²) in [6.45, 7) is 7.82. The highest BCUT2D eigenvalue weighted by molar-refractivity contribution is 5.97. The van der Waals surface area contributed by atoms with Crippen molar-refractivity contribution < 1.29 is 29.6 Å². The van der Waals surface area contributed by atoms with Gasteiger partial charge in [0.05, 0.1) is 24.9 Å². The summed E-state index contributed by atoms with van der Waals surface area (Å²) >= 11 is 0. The predicted molar refractivity (Wildman–Crippen MR) is 114 cm³/mol. The van der Waals surface area contributed by atoms with Crippen LogP contribution in [0.3, 0.4) is 0 Å². The first-order chi connectivity index (χ1) is 14.0. The average Bonchev–Trinajstić information content (AvgIpc) is 2.91. The van der Waals surface area contributed by atoms with Gasteiger partial charge in [-0.15, -0.1) is 0 Å². The summed E-state index contributed by atoms with van der Waals surface area (Å²) in [7, 11) is 1.43. The van der Waals surface area contributed by atoms with Crippen LogP contribution in [-0.2, 0) is 4.74 Å². The molecule has 0 saturated heterocycles. The third-order valence-corrected chi connectivity index (χ3v) is 7.24. The molecular weight excluding hydrogens is 384 g/mol. The summed E-state index contributed by atoms with van der Waals surface area (Å²) in [5.74, 6) is -0.241. The average molecular weight is 419 g/mol. The molecule has 2 aliphatic rings. The molecule has 2 aliphatic carbocycles. The standard InChI is InChI=1S/C24H34O6/c1-14(2)24(28)9-8-23(4)12-18(26)15(3)10-21(22(23)24)30-13-19(27)16-6-7-17(25)20(11-16)29-5/h6-7,10-11,14,18,21-22,25-26,28H,8-9,12-13H2,1-5H3/t18?,21-,22+,23+,24+/m0/s1. The zero-order chi connectivity index (χ0) is 22.3. The van der Waals surface area contributed by atoms with Crippen LogP contribution in [0.25, 0.3) is 0 Å². The number of Topliss-reactive ketones (excluding diaryl/α,β-unsaturated/α-hetero) is 1. The number of ether oxygens (including phenoxy) is 2. The molecule has 1 fully saturated rings. The summed E-state index contributed by atoms with van der Waals surface area (Å²) < 4.78 is 11.2. The van der Waals surface area contributed by atoms with Gasteiger partial charge in [0.2, 0.25) is 0 Å². The lowest BCUT2D eigenvalue weighted by Gasteiger charge is -2.43. The third-order valence-electron chi connectivity index (χ3n) is 7.24. The lowest BCUT2D eigenvalue weighted by molar-refractivity contribution is -0.114. The van der Waals surface area contributed by atoms with Crippen LogP contribution < -0.4 is 4.74 Å². The first-order valence-corrected chi connectivity index (χ1v) is 10.6. The minimum absolute atomic E-state index is 0.0245. The molecule has 0 amide bonds. The minimum atomic E-state index is -0.926. The van der Waals surface area contributed by atoms with Crippen molar-refractivity contribution in [2.45, 2.75) is 64.8 Å². The summed E-state index contributed by atoms with van der Waals surface area (Å²) in [6.07, 6.45) is 2.83. The van der Waals surface area contributed by atoms with Crippen LogP contribution in [0, 0.1) is 17.3 Å². The Balaban J connectivity index is 1.87. The van der Waals surface area contributed by atoms with E-state index in [2.05, 4.69) is 6.92 Å². The number of aliphatic hydroxyl groups excluding tert-OH is 1. The lowest BCUT2D eigenvalue weighted by Crippen LogP contribution is -2.49. The maximum Gasteiger partial charge on any atom is 0.188 e. The van der Waals surface area contributed by atoms with Gasteiger partial charge in [0.1, 0.15) is 6.61 Å². The SMILES string of the molecule is COc1cc(C(=O)CO[C@H]2C=C(C)C(O)C[C@@]3(C)CC[C@@](O)(C(C)C)[C@H]23)ccc1O. The number of phenolic OH excluding ortho intramolecular Hbond substituents is 1. The van der Waals surface area contributed by atoms with Crippen LogP contribution in [0.15, 0.2) is 29.8 Å². The van der Waals surface area contributed by atoms with Crippen LogP contribution in [0.2, 0.25) is 0 Å². The molecule has 0 bridgehead atoms. The van der Waals surface area contributed by atoms with Crippen molar-refractivity contribution in [1.29, 1.82) is 0 Å². The van der Waals surface area contributed by atoms with Crippen molar-refractivity contribution in [1.82, 2.24) is 0 Å². The molecule has 6 nitrogen and oxygen atoms in total. The van der Waals surface area contributed by atoms with Gasteiger partial charge >= 0.3 is 0 Å². The third kappa shape index (κ3) is 4.01. The molecule has 30 heavy (non-hydrogen) atoms. The molecule has 166 valence electrons. The monoisotopic (exact) mass is 418 g/mol. The Kier molecular flexibility index (Phi) is 6.33. The van der Waals surface area contributed by atoms with E-state index in [0.29, 0.717) is 18.4 Å². The van der Waals surface area contributed by atoms with Gasteiger partial charge in [-0.25, -0.2) is 0 Å². The Bertz CT molecular complexity index is 831. The fourth-order valence-electron chi connectivity index (χ4n) is 5.28. The molecule has 0 spiro atoms. The molecule has 0 radical (unpaired) electrons. The van der Waals surface area contributed by atoms with Crippen LogP contribution in [0.5, 0.6) is 11.5 Å². The van der Waals surface area contributed by atoms with Crippen molar-refractivity contribution >= 4 is 5.78 Å². The van der Waals surface area contributed by atoms with Gasteiger partial charge in [-0.05, 0) is 61.3 Å². The van der Waals surface area contributed by atoms with Crippen molar-refractivity contribution in [3.8, 4) is 11.5 Å². The number of aromatic hydroxyl groups is 1. The van der Waals surface area contributed by atoms with Crippen LogP contribution in [0.4, 0.5) is 0 Å². The number of carbonyl (C=O) groups excluding carboxylic acids is 1. The molecule has 6 heteroatoms. The van der Waals surface area contributed by atoms with Gasteiger partial charge in [-0.1, -0.05) is 26.8 Å². The van der Waals surface area contributed by atoms with Crippen molar-refractivity contribution in [3.63, 3.8) is 0 Å². The number of rotatable bonds is 6. The Morgan fingerprint density at radius 2 is 2.00 bits per heavy atom. The molecule has 3 rings (SSSR count). The maximum atomic E-state index is 12.8. The number of hydrogen-bond acceptors (Lipinski definition) is 6. The van der Waals surface area contributed by atoms with Crippen molar-refractivity contribution in [3.05, 3.63) is 35.4 Å². The fourth-order valence-corrected chi connectivity index (χ4v) is 5.28. The molecule has 1 unspecified atom stereocenters. The summed E-state index contributed by atoms with van der Waals surface area (Å²) in [5, 5.41) is 31.9. The van der Waals surface area contributed by atoms with Gasteiger partial charge in [-0.3, -0.25) is 4.79 Å². The Morgan fingerprint density at radius 3 is 2.63 bits per heavy atom. The van der Waals surface area contributed by atoms with E-state index in [1.807, 2.05) is 26.8 Å². The maximum absolute atomic E-state index is 12.8. The number of methoxy groups -OCH3 is 1. The van der Waals surface area contributed by atoms with Crippen LogP contribution >= 0.6 is 0 Å². The second-order valence-electron chi connectivity index (χ2n) is 9.49. The number of fused-ring (bicyclic) bond motifs is 1. The highest BCUT2D eigenvalue weighted by atomic mass is 16.5. The van der Waals surface area contributed by atoms with E-state index in [4.69, 9.17) is 9.47 Å². The minimum Gasteiger partial charge on any atom is -0.504 e. The van der Waals surface area contributed by atoms with Crippen molar-refractivity contribution in [2.75, 3.05) is 13.7 Å². The molecule has 1 aromatic carbocycles. The van der Waals surface area contributed by atoms with E-state index in [9.17, 15) is 20.1 Å². The quantitative estimate of drug-likeness (QED) is 0.483. The van der Waals surface area contributed by atoms with E-state index in [0.717, 1.165) is 12.0 Å². The molecule has 1 saturated carbocycles. The topological polar surface area (TPSA) is 96.2 Å². The second-order valence-corrected chi connectivity index (χ2v) is 9.49. The molecular formula is C24H34O6. The highest BCUT2D eigenvalue weighted by Crippen LogP contribution is 2.58. The van der Waals surface area contributed by atoms with Crippen molar-refractivity contribution in [2.24, 2.45) is 17.3 Å². The van der Waals surface area contributed by atoms with E-state index in [-0.39, 0.29) is 41.1 Å². The highest BCUT2D eigenvalue weighted by Gasteiger charge is 2.59. The zero-order valence-electron chi connectivity index (χ0n) is 18.5. The summed E-state index contributed by atoms with van der Waals surface area (Å²) in [5.41, 5.74) is -0.0273.